The Morgan fingerprint density at radius 1 is 1.03 bits per heavy atom. The Hall–Kier alpha value is -1.36. The third-order valence-corrected chi connectivity index (χ3v) is 7.80. The third-order valence-electron chi connectivity index (χ3n) is 7.80. The maximum atomic E-state index is 11.8. The molecule has 6 atom stereocenters. The highest BCUT2D eigenvalue weighted by atomic mass is 16.8. The van der Waals surface area contributed by atoms with Crippen LogP contribution in [0.1, 0.15) is 87.0 Å². The summed E-state index contributed by atoms with van der Waals surface area (Å²) in [6.07, 6.45) is 7.66. The van der Waals surface area contributed by atoms with Crippen LogP contribution in [0.2, 0.25) is 0 Å². The number of hydrogen-bond donors (Lipinski definition) is 0. The molecule has 0 aromatic rings. The van der Waals surface area contributed by atoms with Crippen molar-refractivity contribution in [2.45, 2.75) is 99.6 Å². The Balaban J connectivity index is 1.99. The van der Waals surface area contributed by atoms with Gasteiger partial charge in [0.1, 0.15) is 0 Å². The minimum absolute atomic E-state index is 0.0154. The maximum absolute atomic E-state index is 11.8. The Bertz CT molecular complexity index is 695. The van der Waals surface area contributed by atoms with E-state index >= 15 is 0 Å². The average molecular weight is 407 g/mol. The molecule has 0 amide bonds. The van der Waals surface area contributed by atoms with Crippen LogP contribution in [0.5, 0.6) is 0 Å². The van der Waals surface area contributed by atoms with Crippen molar-refractivity contribution in [3.05, 3.63) is 11.6 Å². The van der Waals surface area contributed by atoms with Gasteiger partial charge in [-0.15, -0.1) is 0 Å². The Kier molecular flexibility index (Phi) is 5.94. The Labute approximate surface area is 175 Å². The van der Waals surface area contributed by atoms with E-state index in [-0.39, 0.29) is 23.3 Å². The van der Waals surface area contributed by atoms with Crippen LogP contribution in [0, 0.1) is 28.1 Å². The van der Waals surface area contributed by atoms with Crippen molar-refractivity contribution in [2.75, 3.05) is 0 Å². The van der Waals surface area contributed by atoms with E-state index in [1.165, 1.54) is 45.1 Å². The van der Waals surface area contributed by atoms with Crippen molar-refractivity contribution in [3.63, 3.8) is 0 Å². The zero-order chi connectivity index (χ0) is 21.6. The molecule has 0 bridgehead atoms. The first-order valence-electron chi connectivity index (χ1n) is 11.1. The second-order valence-corrected chi connectivity index (χ2v) is 10.7. The largest absolute Gasteiger partial charge is 0.435 e. The fourth-order valence-electron chi connectivity index (χ4n) is 6.83. The standard InChI is InChI=1S/C24H38O5/c1-8-17-18(23(6)13-9-12-22(4,5)14-23)10-11-19-20(27-15(2)25)29-21(24(17,19)7)28-16(3)26/h8,18-21H,9-14H2,1-7H3/b17-8+/t18-,19-,20+,21-,23-,24-/m0/s1. The molecule has 5 heteroatoms. The summed E-state index contributed by atoms with van der Waals surface area (Å²) >= 11 is 0. The van der Waals surface area contributed by atoms with Gasteiger partial charge in [-0.1, -0.05) is 38.8 Å². The highest BCUT2D eigenvalue weighted by molar-refractivity contribution is 5.67. The molecule has 0 aromatic carbocycles. The number of carbonyl (C=O) groups is 2. The molecular weight excluding hydrogens is 368 g/mol. The quantitative estimate of drug-likeness (QED) is 0.465. The SMILES string of the molecule is C/C=C1\[C@@H]([C@@]2(C)CCCC(C)(C)C2)CC[C@H]2[C@H](OC(C)=O)O[C@H](OC(C)=O)[C@@]12C. The van der Waals surface area contributed by atoms with E-state index in [1.54, 1.807) is 0 Å². The summed E-state index contributed by atoms with van der Waals surface area (Å²) in [4.78, 5) is 23.5. The lowest BCUT2D eigenvalue weighted by molar-refractivity contribution is -0.217. The number of carbonyl (C=O) groups excluding carboxylic acids is 2. The monoisotopic (exact) mass is 406 g/mol. The van der Waals surface area contributed by atoms with E-state index in [1.807, 2.05) is 0 Å². The van der Waals surface area contributed by atoms with E-state index in [2.05, 4.69) is 40.7 Å². The first-order chi connectivity index (χ1) is 13.4. The number of fused-ring (bicyclic) bond motifs is 1. The maximum Gasteiger partial charge on any atom is 0.304 e. The number of allylic oxidation sites excluding steroid dienone is 1. The molecule has 164 valence electrons. The fraction of sp³-hybridized carbons (Fsp3) is 0.833. The third kappa shape index (κ3) is 3.99. The highest BCUT2D eigenvalue weighted by Crippen LogP contribution is 2.63. The van der Waals surface area contributed by atoms with Crippen molar-refractivity contribution in [2.24, 2.45) is 28.1 Å². The van der Waals surface area contributed by atoms with E-state index in [0.29, 0.717) is 11.3 Å². The zero-order valence-corrected chi connectivity index (χ0v) is 19.2. The summed E-state index contributed by atoms with van der Waals surface area (Å²) in [7, 11) is 0. The van der Waals surface area contributed by atoms with Crippen molar-refractivity contribution in [1.29, 1.82) is 0 Å². The van der Waals surface area contributed by atoms with Crippen LogP contribution in [-0.4, -0.2) is 24.5 Å². The lowest BCUT2D eigenvalue weighted by Gasteiger charge is -2.54. The molecule has 0 radical (unpaired) electrons. The van der Waals surface area contributed by atoms with E-state index < -0.39 is 18.0 Å². The predicted octanol–water partition coefficient (Wildman–Crippen LogP) is 5.38. The molecule has 1 heterocycles. The molecule has 0 aromatic heterocycles. The van der Waals surface area contributed by atoms with Gasteiger partial charge in [-0.2, -0.15) is 0 Å². The van der Waals surface area contributed by atoms with E-state index in [4.69, 9.17) is 14.2 Å². The summed E-state index contributed by atoms with van der Waals surface area (Å²) in [5, 5.41) is 0. The first-order valence-corrected chi connectivity index (χ1v) is 11.1. The molecule has 2 saturated carbocycles. The molecular formula is C24H38O5. The molecule has 29 heavy (non-hydrogen) atoms. The topological polar surface area (TPSA) is 61.8 Å². The van der Waals surface area contributed by atoms with Gasteiger partial charge in [0.05, 0.1) is 5.41 Å². The molecule has 0 N–H and O–H groups in total. The molecule has 1 saturated heterocycles. The molecule has 2 aliphatic carbocycles. The zero-order valence-electron chi connectivity index (χ0n) is 19.2. The molecule has 3 fully saturated rings. The Morgan fingerprint density at radius 3 is 2.24 bits per heavy atom. The molecule has 5 nitrogen and oxygen atoms in total. The molecule has 3 rings (SSSR count). The van der Waals surface area contributed by atoms with Gasteiger partial charge < -0.3 is 14.2 Å². The molecule has 1 aliphatic heterocycles. The minimum Gasteiger partial charge on any atom is -0.435 e. The smallest absolute Gasteiger partial charge is 0.304 e. The lowest BCUT2D eigenvalue weighted by atomic mass is 9.50. The minimum atomic E-state index is -0.733. The van der Waals surface area contributed by atoms with Crippen molar-refractivity contribution in [3.8, 4) is 0 Å². The average Bonchev–Trinajstić information content (AvgIpc) is 2.83. The van der Waals surface area contributed by atoms with Gasteiger partial charge in [-0.25, -0.2) is 0 Å². The number of rotatable bonds is 3. The normalized spacial score (nSPS) is 42.9. The van der Waals surface area contributed by atoms with Crippen LogP contribution < -0.4 is 0 Å². The molecule has 3 aliphatic rings. The summed E-state index contributed by atoms with van der Waals surface area (Å²) in [6, 6.07) is 0. The molecule has 0 spiro atoms. The van der Waals surface area contributed by atoms with Crippen LogP contribution >= 0.6 is 0 Å². The van der Waals surface area contributed by atoms with Crippen LogP contribution in [-0.2, 0) is 23.8 Å². The highest BCUT2D eigenvalue weighted by Gasteiger charge is 2.63. The van der Waals surface area contributed by atoms with Crippen molar-refractivity contribution < 1.29 is 23.8 Å². The summed E-state index contributed by atoms with van der Waals surface area (Å²) in [6.45, 7) is 14.2. The molecule has 0 unspecified atom stereocenters. The summed E-state index contributed by atoms with van der Waals surface area (Å²) in [5.41, 5.74) is 1.35. The van der Waals surface area contributed by atoms with Gasteiger partial charge in [0.15, 0.2) is 0 Å². The van der Waals surface area contributed by atoms with Crippen LogP contribution in [0.15, 0.2) is 11.6 Å². The van der Waals surface area contributed by atoms with E-state index in [9.17, 15) is 9.59 Å². The number of hydrogen-bond acceptors (Lipinski definition) is 5. The van der Waals surface area contributed by atoms with Crippen molar-refractivity contribution in [1.82, 2.24) is 0 Å². The second-order valence-electron chi connectivity index (χ2n) is 10.7. The van der Waals surface area contributed by atoms with Gasteiger partial charge in [0, 0.05) is 19.8 Å². The number of ether oxygens (including phenoxy) is 3. The van der Waals surface area contributed by atoms with Crippen LogP contribution in [0.4, 0.5) is 0 Å². The fourth-order valence-corrected chi connectivity index (χ4v) is 6.83. The van der Waals surface area contributed by atoms with Gasteiger partial charge in [-0.05, 0) is 62.7 Å². The van der Waals surface area contributed by atoms with Gasteiger partial charge in [0.2, 0.25) is 12.6 Å². The van der Waals surface area contributed by atoms with Crippen LogP contribution in [0.3, 0.4) is 0 Å². The van der Waals surface area contributed by atoms with E-state index in [0.717, 1.165) is 12.8 Å². The second kappa shape index (κ2) is 7.72. The van der Waals surface area contributed by atoms with Crippen molar-refractivity contribution >= 4 is 11.9 Å². The summed E-state index contributed by atoms with van der Waals surface area (Å²) < 4.78 is 17.2. The van der Waals surface area contributed by atoms with Gasteiger partial charge in [-0.3, -0.25) is 9.59 Å². The number of esters is 2. The van der Waals surface area contributed by atoms with Crippen LogP contribution in [0.25, 0.3) is 0 Å². The predicted molar refractivity (Wildman–Crippen MR) is 111 cm³/mol. The van der Waals surface area contributed by atoms with Gasteiger partial charge >= 0.3 is 11.9 Å². The lowest BCUT2D eigenvalue weighted by Crippen LogP contribution is -2.49. The van der Waals surface area contributed by atoms with Gasteiger partial charge in [0.25, 0.3) is 0 Å². The Morgan fingerprint density at radius 2 is 1.69 bits per heavy atom. The summed E-state index contributed by atoms with van der Waals surface area (Å²) in [5.74, 6) is -0.350. The first kappa shape index (κ1) is 22.3.